The van der Waals surface area contributed by atoms with Gasteiger partial charge in [0.05, 0.1) is 18.1 Å². The molecule has 0 fully saturated rings. The number of hydrogen-bond donors (Lipinski definition) is 2. The summed E-state index contributed by atoms with van der Waals surface area (Å²) in [7, 11) is 4.34. The maximum Gasteiger partial charge on any atom is 0.332 e. The Morgan fingerprint density at radius 1 is 1.09 bits per heavy atom. The van der Waals surface area contributed by atoms with E-state index in [4.69, 9.17) is 22.1 Å². The Kier molecular flexibility index (Phi) is 5.65. The lowest BCUT2D eigenvalue weighted by Crippen LogP contribution is -2.38. The number of nitrogens with two attached hydrogens (primary N) is 1. The smallest absolute Gasteiger partial charge is 0.332 e. The zero-order valence-corrected chi connectivity index (χ0v) is 18.8. The third-order valence-electron chi connectivity index (χ3n) is 5.31. The van der Waals surface area contributed by atoms with Gasteiger partial charge in [-0.25, -0.2) is 9.78 Å². The molecule has 10 heteroatoms. The van der Waals surface area contributed by atoms with E-state index in [2.05, 4.69) is 10.3 Å². The van der Waals surface area contributed by atoms with Crippen molar-refractivity contribution in [2.24, 2.45) is 14.1 Å². The van der Waals surface area contributed by atoms with E-state index in [1.165, 1.54) is 25.8 Å². The van der Waals surface area contributed by atoms with Crippen molar-refractivity contribution in [2.45, 2.75) is 0 Å². The van der Waals surface area contributed by atoms with Gasteiger partial charge in [-0.15, -0.1) is 0 Å². The van der Waals surface area contributed by atoms with Crippen LogP contribution in [0.15, 0.2) is 58.1 Å². The number of carbonyl (C=O) groups is 1. The predicted octanol–water partition coefficient (Wildman–Crippen LogP) is 2.80. The van der Waals surface area contributed by atoms with Crippen LogP contribution in [-0.4, -0.2) is 27.1 Å². The van der Waals surface area contributed by atoms with E-state index in [9.17, 15) is 14.4 Å². The maximum atomic E-state index is 13.4. The van der Waals surface area contributed by atoms with Crippen LogP contribution in [0.2, 0.25) is 5.02 Å². The number of pyridine rings is 1. The van der Waals surface area contributed by atoms with Crippen LogP contribution in [-0.2, 0) is 14.1 Å². The van der Waals surface area contributed by atoms with Crippen molar-refractivity contribution in [2.75, 3.05) is 18.2 Å². The number of aromatic nitrogens is 3. The van der Waals surface area contributed by atoms with Gasteiger partial charge < -0.3 is 15.8 Å². The van der Waals surface area contributed by atoms with Crippen LogP contribution in [0.1, 0.15) is 10.4 Å². The molecular formula is C23H20ClN5O4. The number of nitrogen functional groups attached to an aromatic ring is 1. The summed E-state index contributed by atoms with van der Waals surface area (Å²) < 4.78 is 7.36. The number of anilines is 2. The lowest BCUT2D eigenvalue weighted by atomic mass is 9.96. The number of amides is 1. The zero-order chi connectivity index (χ0) is 23.9. The molecule has 0 saturated heterocycles. The van der Waals surface area contributed by atoms with E-state index in [0.29, 0.717) is 22.0 Å². The first-order valence-electron chi connectivity index (χ1n) is 9.84. The van der Waals surface area contributed by atoms with Crippen molar-refractivity contribution in [1.29, 1.82) is 0 Å². The second-order valence-electron chi connectivity index (χ2n) is 7.32. The minimum atomic E-state index is -0.619. The molecule has 0 atom stereocenters. The fourth-order valence-corrected chi connectivity index (χ4v) is 3.89. The highest BCUT2D eigenvalue weighted by molar-refractivity contribution is 6.34. The van der Waals surface area contributed by atoms with Crippen molar-refractivity contribution in [3.05, 3.63) is 80.0 Å². The quantitative estimate of drug-likeness (QED) is 0.478. The lowest BCUT2D eigenvalue weighted by molar-refractivity contribution is 0.102. The molecule has 1 amide bonds. The van der Waals surface area contributed by atoms with Crippen LogP contribution in [0.4, 0.5) is 11.5 Å². The van der Waals surface area contributed by atoms with Gasteiger partial charge in [-0.1, -0.05) is 35.9 Å². The summed E-state index contributed by atoms with van der Waals surface area (Å²) >= 11 is 6.46. The highest BCUT2D eigenvalue weighted by atomic mass is 35.5. The molecule has 33 heavy (non-hydrogen) atoms. The van der Waals surface area contributed by atoms with Crippen molar-refractivity contribution in [3.63, 3.8) is 0 Å². The summed E-state index contributed by atoms with van der Waals surface area (Å²) in [5, 5.41) is 3.12. The largest absolute Gasteiger partial charge is 0.497 e. The molecule has 0 unspecified atom stereocenters. The van der Waals surface area contributed by atoms with Crippen LogP contribution in [0, 0.1) is 0 Å². The third kappa shape index (κ3) is 3.72. The first-order valence-corrected chi connectivity index (χ1v) is 10.2. The average Bonchev–Trinajstić information content (AvgIpc) is 2.81. The van der Waals surface area contributed by atoms with E-state index >= 15 is 0 Å². The van der Waals surface area contributed by atoms with Crippen LogP contribution in [0.5, 0.6) is 5.75 Å². The second kappa shape index (κ2) is 8.44. The summed E-state index contributed by atoms with van der Waals surface area (Å²) in [5.41, 5.74) is 6.11. The molecule has 0 bridgehead atoms. The molecule has 168 valence electrons. The summed E-state index contributed by atoms with van der Waals surface area (Å²) in [6.45, 7) is 0. The topological polar surface area (TPSA) is 121 Å². The molecule has 0 spiro atoms. The molecule has 0 aliphatic carbocycles. The molecule has 2 aromatic carbocycles. The molecule has 9 nitrogen and oxygen atoms in total. The third-order valence-corrected chi connectivity index (χ3v) is 5.64. The van der Waals surface area contributed by atoms with E-state index < -0.39 is 17.2 Å². The number of nitrogens with zero attached hydrogens (tertiary/aromatic N) is 3. The van der Waals surface area contributed by atoms with Gasteiger partial charge in [-0.3, -0.25) is 18.7 Å². The Labute approximate surface area is 193 Å². The van der Waals surface area contributed by atoms with Gasteiger partial charge in [0, 0.05) is 42.0 Å². The van der Waals surface area contributed by atoms with Crippen LogP contribution < -0.4 is 27.0 Å². The van der Waals surface area contributed by atoms with E-state index in [0.717, 1.165) is 4.57 Å². The zero-order valence-electron chi connectivity index (χ0n) is 18.0. The molecule has 0 saturated carbocycles. The number of halogens is 1. The van der Waals surface area contributed by atoms with Gasteiger partial charge in [0.25, 0.3) is 11.5 Å². The first-order chi connectivity index (χ1) is 15.7. The number of benzene rings is 2. The summed E-state index contributed by atoms with van der Waals surface area (Å²) in [6.07, 6.45) is 0. The Balaban J connectivity index is 2.08. The molecule has 3 N–H and O–H groups in total. The highest BCUT2D eigenvalue weighted by Gasteiger charge is 2.26. The lowest BCUT2D eigenvalue weighted by Gasteiger charge is -2.17. The Morgan fingerprint density at radius 2 is 1.82 bits per heavy atom. The Bertz CT molecular complexity index is 1540. The maximum absolute atomic E-state index is 13.4. The molecule has 0 radical (unpaired) electrons. The van der Waals surface area contributed by atoms with Crippen molar-refractivity contribution in [3.8, 4) is 16.9 Å². The minimum Gasteiger partial charge on any atom is -0.497 e. The number of fused-ring (bicyclic) bond motifs is 1. The number of methoxy groups -OCH3 is 1. The van der Waals surface area contributed by atoms with E-state index in [-0.39, 0.29) is 28.0 Å². The second-order valence-corrected chi connectivity index (χ2v) is 7.72. The molecule has 0 aliphatic rings. The highest BCUT2D eigenvalue weighted by Crippen LogP contribution is 2.36. The van der Waals surface area contributed by atoms with Gasteiger partial charge in [-0.05, 0) is 18.2 Å². The van der Waals surface area contributed by atoms with Gasteiger partial charge in [0.1, 0.15) is 11.6 Å². The number of aryl methyl sites for hydroxylation is 1. The molecule has 0 aliphatic heterocycles. The fraction of sp³-hybridized carbons (Fsp3) is 0.130. The molecule has 4 aromatic rings. The fourth-order valence-electron chi connectivity index (χ4n) is 3.66. The number of hydrogen-bond acceptors (Lipinski definition) is 6. The number of nitrogens with one attached hydrogen (secondary N) is 1. The number of carbonyl (C=O) groups excluding carboxylic acids is 1. The van der Waals surface area contributed by atoms with Crippen molar-refractivity contribution in [1.82, 2.24) is 14.1 Å². The van der Waals surface area contributed by atoms with Gasteiger partial charge >= 0.3 is 5.69 Å². The monoisotopic (exact) mass is 465 g/mol. The average molecular weight is 466 g/mol. The molecular weight excluding hydrogens is 446 g/mol. The number of ether oxygens (including phenoxy) is 1. The van der Waals surface area contributed by atoms with E-state index in [1.807, 2.05) is 0 Å². The predicted molar refractivity (Wildman–Crippen MR) is 128 cm³/mol. The molecule has 2 aromatic heterocycles. The van der Waals surface area contributed by atoms with E-state index in [1.54, 1.807) is 48.5 Å². The van der Waals surface area contributed by atoms with Crippen molar-refractivity contribution < 1.29 is 9.53 Å². The summed E-state index contributed by atoms with van der Waals surface area (Å²) in [5.74, 6) is -0.199. The van der Waals surface area contributed by atoms with Crippen LogP contribution >= 0.6 is 11.6 Å². The van der Waals surface area contributed by atoms with Gasteiger partial charge in [0.15, 0.2) is 5.65 Å². The van der Waals surface area contributed by atoms with Crippen LogP contribution in [0.25, 0.3) is 22.2 Å². The summed E-state index contributed by atoms with van der Waals surface area (Å²) in [4.78, 5) is 43.4. The summed E-state index contributed by atoms with van der Waals surface area (Å²) in [6, 6.07) is 13.5. The number of rotatable bonds is 4. The Hall–Kier alpha value is -4.11. The normalized spacial score (nSPS) is 10.9. The molecule has 2 heterocycles. The van der Waals surface area contributed by atoms with Crippen LogP contribution in [0.3, 0.4) is 0 Å². The standard InChI is InChI=1S/C23H20ClN5O4/c1-28-20-18(22(31)29(2)23(28)32)16(14-9-4-5-10-15(14)24)17(19(25)27-20)21(30)26-12-7-6-8-13(11-12)33-3/h4-11H,1-3H3,(H2,25,27)(H,26,30). The first kappa shape index (κ1) is 22.1. The van der Waals surface area contributed by atoms with Gasteiger partial charge in [-0.2, -0.15) is 0 Å². The SMILES string of the molecule is COc1cccc(NC(=O)c2c(N)nc3c(c2-c2ccccc2Cl)c(=O)n(C)c(=O)n3C)c1. The van der Waals surface area contributed by atoms with Crippen molar-refractivity contribution >= 4 is 40.0 Å². The van der Waals surface area contributed by atoms with Gasteiger partial charge in [0.2, 0.25) is 0 Å². The minimum absolute atomic E-state index is 0.0332. The Morgan fingerprint density at radius 3 is 2.52 bits per heavy atom. The molecule has 4 rings (SSSR count).